The van der Waals surface area contributed by atoms with E-state index < -0.39 is 5.41 Å². The summed E-state index contributed by atoms with van der Waals surface area (Å²) in [5, 5.41) is 0. The van der Waals surface area contributed by atoms with Crippen LogP contribution >= 0.6 is 0 Å². The zero-order valence-corrected chi connectivity index (χ0v) is 11.7. The number of ketones is 1. The molecule has 0 aromatic carbocycles. The first kappa shape index (κ1) is 12.2. The number of fused-ring (bicyclic) bond motifs is 2. The van der Waals surface area contributed by atoms with Crippen LogP contribution in [-0.2, 0) is 9.59 Å². The molecule has 0 unspecified atom stereocenters. The lowest BCUT2D eigenvalue weighted by Crippen LogP contribution is -2.47. The zero-order chi connectivity index (χ0) is 13.2. The molecule has 0 N–H and O–H groups in total. The molecule has 100 valence electrons. The van der Waals surface area contributed by atoms with Crippen LogP contribution in [0.4, 0.5) is 0 Å². The molecular formula is C15H23NO2. The highest BCUT2D eigenvalue weighted by Gasteiger charge is 2.72. The average molecular weight is 249 g/mol. The Morgan fingerprint density at radius 1 is 1.11 bits per heavy atom. The number of carbonyl (C=O) groups excluding carboxylic acids is 2. The van der Waals surface area contributed by atoms with Crippen LogP contribution in [0, 0.1) is 16.2 Å². The molecule has 1 saturated heterocycles. The van der Waals surface area contributed by atoms with Crippen molar-refractivity contribution < 1.29 is 9.59 Å². The Morgan fingerprint density at radius 3 is 2.17 bits per heavy atom. The van der Waals surface area contributed by atoms with E-state index in [1.54, 1.807) is 0 Å². The van der Waals surface area contributed by atoms with Gasteiger partial charge in [0, 0.05) is 24.9 Å². The molecule has 0 spiro atoms. The van der Waals surface area contributed by atoms with Crippen LogP contribution in [-0.4, -0.2) is 29.7 Å². The van der Waals surface area contributed by atoms with E-state index in [2.05, 4.69) is 20.8 Å². The van der Waals surface area contributed by atoms with Crippen LogP contribution in [0.1, 0.15) is 52.9 Å². The molecule has 0 radical (unpaired) electrons. The maximum Gasteiger partial charge on any atom is 0.229 e. The number of Topliss-reactive ketones (excluding diaryl/α,β-unsaturated/α-hetero) is 1. The van der Waals surface area contributed by atoms with E-state index in [1.807, 2.05) is 4.90 Å². The molecule has 1 heterocycles. The minimum Gasteiger partial charge on any atom is -0.342 e. The third-order valence-corrected chi connectivity index (χ3v) is 6.51. The van der Waals surface area contributed by atoms with E-state index in [0.29, 0.717) is 12.2 Å². The molecule has 3 heteroatoms. The number of amides is 1. The summed E-state index contributed by atoms with van der Waals surface area (Å²) in [5.74, 6) is 0.575. The fourth-order valence-corrected chi connectivity index (χ4v) is 4.56. The van der Waals surface area contributed by atoms with E-state index >= 15 is 0 Å². The molecule has 1 amide bonds. The van der Waals surface area contributed by atoms with E-state index in [4.69, 9.17) is 0 Å². The summed E-state index contributed by atoms with van der Waals surface area (Å²) in [7, 11) is 0. The van der Waals surface area contributed by atoms with Crippen molar-refractivity contribution in [1.82, 2.24) is 4.90 Å². The Hall–Kier alpha value is -0.860. The number of rotatable bonds is 1. The number of hydrogen-bond acceptors (Lipinski definition) is 2. The van der Waals surface area contributed by atoms with E-state index in [9.17, 15) is 9.59 Å². The van der Waals surface area contributed by atoms with Crippen LogP contribution < -0.4 is 0 Å². The van der Waals surface area contributed by atoms with Gasteiger partial charge in [0.25, 0.3) is 0 Å². The molecule has 2 atom stereocenters. The molecule has 2 saturated carbocycles. The lowest BCUT2D eigenvalue weighted by Gasteiger charge is -2.40. The Morgan fingerprint density at radius 2 is 1.72 bits per heavy atom. The third kappa shape index (κ3) is 1.11. The maximum absolute atomic E-state index is 12.9. The Kier molecular flexibility index (Phi) is 2.28. The topological polar surface area (TPSA) is 37.4 Å². The second kappa shape index (κ2) is 3.37. The van der Waals surface area contributed by atoms with Crippen LogP contribution in [0.15, 0.2) is 0 Å². The molecule has 18 heavy (non-hydrogen) atoms. The lowest BCUT2D eigenvalue weighted by atomic mass is 9.64. The van der Waals surface area contributed by atoms with Gasteiger partial charge in [0.15, 0.2) is 0 Å². The predicted octanol–water partition coefficient (Wildman–Crippen LogP) is 2.39. The summed E-state index contributed by atoms with van der Waals surface area (Å²) in [4.78, 5) is 27.2. The van der Waals surface area contributed by atoms with Gasteiger partial charge in [-0.25, -0.2) is 0 Å². The van der Waals surface area contributed by atoms with Gasteiger partial charge in [-0.2, -0.15) is 0 Å². The van der Waals surface area contributed by atoms with Crippen molar-refractivity contribution in [2.75, 3.05) is 13.1 Å². The van der Waals surface area contributed by atoms with Crippen molar-refractivity contribution in [2.24, 2.45) is 16.2 Å². The van der Waals surface area contributed by atoms with Crippen molar-refractivity contribution in [3.05, 3.63) is 0 Å². The highest BCUT2D eigenvalue weighted by atomic mass is 16.2. The van der Waals surface area contributed by atoms with Gasteiger partial charge in [0.1, 0.15) is 5.78 Å². The van der Waals surface area contributed by atoms with Gasteiger partial charge < -0.3 is 4.90 Å². The van der Waals surface area contributed by atoms with Gasteiger partial charge in [-0.05, 0) is 31.1 Å². The predicted molar refractivity (Wildman–Crippen MR) is 69.0 cm³/mol. The smallest absolute Gasteiger partial charge is 0.229 e. The number of carbonyl (C=O) groups is 2. The van der Waals surface area contributed by atoms with Crippen LogP contribution in [0.3, 0.4) is 0 Å². The summed E-state index contributed by atoms with van der Waals surface area (Å²) in [6.07, 6.45) is 4.50. The Bertz CT molecular complexity index is 422. The monoisotopic (exact) mass is 249 g/mol. The SMILES string of the molecule is CC1(C)[C@@]2(C(=O)N3CCCC3)CC[C@]1(C)C(=O)C2. The van der Waals surface area contributed by atoms with Crippen LogP contribution in [0.5, 0.6) is 0 Å². The number of likely N-dealkylation sites (tertiary alicyclic amines) is 1. The molecule has 1 aliphatic heterocycles. The average Bonchev–Trinajstić information content (AvgIpc) is 2.93. The summed E-state index contributed by atoms with van der Waals surface area (Å²) in [6, 6.07) is 0. The highest BCUT2D eigenvalue weighted by molar-refractivity contribution is 5.99. The molecule has 3 aliphatic rings. The van der Waals surface area contributed by atoms with Crippen molar-refractivity contribution in [1.29, 1.82) is 0 Å². The van der Waals surface area contributed by atoms with Crippen LogP contribution in [0.25, 0.3) is 0 Å². The van der Waals surface area contributed by atoms with Crippen molar-refractivity contribution in [3.8, 4) is 0 Å². The van der Waals surface area contributed by atoms with Gasteiger partial charge in [-0.3, -0.25) is 9.59 Å². The van der Waals surface area contributed by atoms with E-state index in [1.165, 1.54) is 0 Å². The number of hydrogen-bond donors (Lipinski definition) is 0. The molecule has 3 fully saturated rings. The van der Waals surface area contributed by atoms with Gasteiger partial charge >= 0.3 is 0 Å². The molecule has 0 aromatic heterocycles. The maximum atomic E-state index is 12.9. The summed E-state index contributed by atoms with van der Waals surface area (Å²) in [6.45, 7) is 8.13. The van der Waals surface area contributed by atoms with Gasteiger partial charge in [0.05, 0.1) is 5.41 Å². The minimum atomic E-state index is -0.400. The Labute approximate surface area is 109 Å². The quantitative estimate of drug-likeness (QED) is 0.715. The molecule has 2 aliphatic carbocycles. The standard InChI is InChI=1S/C15H23NO2/c1-13(2)14(3)6-7-15(13,10-11(14)17)12(18)16-8-4-5-9-16/h4-10H2,1-3H3/t14-,15+/m1/s1. The van der Waals surface area contributed by atoms with Gasteiger partial charge in [-0.15, -0.1) is 0 Å². The highest BCUT2D eigenvalue weighted by Crippen LogP contribution is 2.71. The first-order valence-electron chi connectivity index (χ1n) is 7.18. The van der Waals surface area contributed by atoms with Gasteiger partial charge in [0.2, 0.25) is 5.91 Å². The summed E-state index contributed by atoms with van der Waals surface area (Å²) in [5.41, 5.74) is -0.859. The van der Waals surface area contributed by atoms with Crippen LogP contribution in [0.2, 0.25) is 0 Å². The van der Waals surface area contributed by atoms with Crippen molar-refractivity contribution in [3.63, 3.8) is 0 Å². The fourth-order valence-electron chi connectivity index (χ4n) is 4.56. The largest absolute Gasteiger partial charge is 0.342 e. The fraction of sp³-hybridized carbons (Fsp3) is 0.867. The third-order valence-electron chi connectivity index (χ3n) is 6.51. The minimum absolute atomic E-state index is 0.184. The normalized spacial score (nSPS) is 41.7. The molecule has 3 rings (SSSR count). The van der Waals surface area contributed by atoms with Gasteiger partial charge in [-0.1, -0.05) is 20.8 Å². The number of nitrogens with zero attached hydrogens (tertiary/aromatic N) is 1. The Balaban J connectivity index is 2.00. The zero-order valence-electron chi connectivity index (χ0n) is 11.7. The second-order valence-electron chi connectivity index (χ2n) is 7.14. The first-order valence-corrected chi connectivity index (χ1v) is 7.18. The van der Waals surface area contributed by atoms with Crippen molar-refractivity contribution >= 4 is 11.7 Å². The lowest BCUT2D eigenvalue weighted by molar-refractivity contribution is -0.146. The molecule has 0 aromatic rings. The molecule has 2 bridgehead atoms. The van der Waals surface area contributed by atoms with E-state index in [-0.39, 0.29) is 16.7 Å². The summed E-state index contributed by atoms with van der Waals surface area (Å²) >= 11 is 0. The summed E-state index contributed by atoms with van der Waals surface area (Å²) < 4.78 is 0. The van der Waals surface area contributed by atoms with E-state index in [0.717, 1.165) is 38.8 Å². The second-order valence-corrected chi connectivity index (χ2v) is 7.14. The first-order chi connectivity index (χ1) is 8.35. The van der Waals surface area contributed by atoms with Crippen molar-refractivity contribution in [2.45, 2.75) is 52.9 Å². The molecule has 3 nitrogen and oxygen atoms in total. The molecular weight excluding hydrogens is 226 g/mol.